The van der Waals surface area contributed by atoms with Crippen LogP contribution in [0.5, 0.6) is 0 Å². The van der Waals surface area contributed by atoms with Crippen LogP contribution >= 0.6 is 0 Å². The fourth-order valence-corrected chi connectivity index (χ4v) is 3.89. The lowest BCUT2D eigenvalue weighted by molar-refractivity contribution is 0.0746. The van der Waals surface area contributed by atoms with Gasteiger partial charge in [0.05, 0.1) is 11.0 Å². The number of para-hydroxylation sites is 2. The Balaban J connectivity index is 1.53. The number of hydrogen-bond acceptors (Lipinski definition) is 4. The van der Waals surface area contributed by atoms with Gasteiger partial charge < -0.3 is 14.4 Å². The second kappa shape index (κ2) is 8.07. The van der Waals surface area contributed by atoms with Crippen molar-refractivity contribution in [3.8, 4) is 0 Å². The molecule has 29 heavy (non-hydrogen) atoms. The molecule has 150 valence electrons. The van der Waals surface area contributed by atoms with Crippen molar-refractivity contribution in [2.24, 2.45) is 0 Å². The highest BCUT2D eigenvalue weighted by atomic mass is 16.2. The Labute approximate surface area is 170 Å². The highest BCUT2D eigenvalue weighted by Gasteiger charge is 2.25. The molecule has 0 aliphatic carbocycles. The van der Waals surface area contributed by atoms with Crippen molar-refractivity contribution in [3.05, 3.63) is 70.0 Å². The monoisotopic (exact) mass is 390 g/mol. The minimum absolute atomic E-state index is 0.0461. The summed E-state index contributed by atoms with van der Waals surface area (Å²) >= 11 is 0. The van der Waals surface area contributed by atoms with Gasteiger partial charge in [0, 0.05) is 38.3 Å². The number of benzene rings is 2. The third-order valence-corrected chi connectivity index (χ3v) is 5.63. The number of fused-ring (bicyclic) bond motifs is 1. The summed E-state index contributed by atoms with van der Waals surface area (Å²) in [5, 5.41) is 0. The van der Waals surface area contributed by atoms with E-state index in [0.717, 1.165) is 17.5 Å². The van der Waals surface area contributed by atoms with Crippen LogP contribution in [0.2, 0.25) is 0 Å². The van der Waals surface area contributed by atoms with Gasteiger partial charge >= 0.3 is 0 Å². The first-order valence-electron chi connectivity index (χ1n) is 10.2. The number of rotatable bonds is 4. The first-order valence-corrected chi connectivity index (χ1v) is 10.2. The zero-order valence-electron chi connectivity index (χ0n) is 17.0. The van der Waals surface area contributed by atoms with Crippen molar-refractivity contribution < 1.29 is 4.79 Å². The quantitative estimate of drug-likeness (QED) is 0.687. The Morgan fingerprint density at radius 1 is 0.966 bits per heavy atom. The van der Waals surface area contributed by atoms with Gasteiger partial charge in [-0.05, 0) is 43.2 Å². The molecule has 6 nitrogen and oxygen atoms in total. The summed E-state index contributed by atoms with van der Waals surface area (Å²) < 4.78 is 1.77. The largest absolute Gasteiger partial charge is 0.348 e. The number of aryl methyl sites for hydroxylation is 2. The van der Waals surface area contributed by atoms with E-state index in [1.807, 2.05) is 65.3 Å². The fourth-order valence-electron chi connectivity index (χ4n) is 3.89. The molecule has 4 rings (SSSR count). The average Bonchev–Trinajstić information content (AvgIpc) is 2.78. The number of nitrogens with zero attached hydrogens (tertiary/aromatic N) is 4. The van der Waals surface area contributed by atoms with E-state index in [-0.39, 0.29) is 11.5 Å². The summed E-state index contributed by atoms with van der Waals surface area (Å²) in [5.41, 5.74) is 3.54. The molecule has 3 aromatic rings. The van der Waals surface area contributed by atoms with Gasteiger partial charge in [-0.2, -0.15) is 0 Å². The maximum absolute atomic E-state index is 13.0. The van der Waals surface area contributed by atoms with Gasteiger partial charge in [-0.1, -0.05) is 31.2 Å². The number of hydrogen-bond donors (Lipinski definition) is 0. The summed E-state index contributed by atoms with van der Waals surface area (Å²) in [4.78, 5) is 34.3. The van der Waals surface area contributed by atoms with E-state index >= 15 is 0 Å². The van der Waals surface area contributed by atoms with E-state index in [9.17, 15) is 9.59 Å². The predicted molar refractivity (Wildman–Crippen MR) is 116 cm³/mol. The molecule has 0 N–H and O–H groups in total. The van der Waals surface area contributed by atoms with Crippen molar-refractivity contribution in [2.45, 2.75) is 26.8 Å². The molecule has 0 atom stereocenters. The molecule has 0 saturated carbocycles. The van der Waals surface area contributed by atoms with E-state index in [4.69, 9.17) is 0 Å². The number of aromatic nitrogens is 2. The van der Waals surface area contributed by atoms with Gasteiger partial charge in [-0.25, -0.2) is 4.98 Å². The fraction of sp³-hybridized carbons (Fsp3) is 0.348. The average molecular weight is 390 g/mol. The third kappa shape index (κ3) is 3.62. The maximum atomic E-state index is 13.0. The van der Waals surface area contributed by atoms with Crippen LogP contribution in [-0.4, -0.2) is 46.5 Å². The first-order chi connectivity index (χ1) is 14.1. The van der Waals surface area contributed by atoms with Crippen LogP contribution in [0.15, 0.2) is 53.3 Å². The molecule has 0 unspecified atom stereocenters. The summed E-state index contributed by atoms with van der Waals surface area (Å²) in [6.45, 7) is 7.03. The first kappa shape index (κ1) is 19.2. The molecule has 0 spiro atoms. The molecule has 6 heteroatoms. The molecule has 1 saturated heterocycles. The van der Waals surface area contributed by atoms with E-state index in [0.29, 0.717) is 44.1 Å². The van der Waals surface area contributed by atoms with E-state index < -0.39 is 0 Å². The molecular weight excluding hydrogens is 364 g/mol. The Morgan fingerprint density at radius 2 is 1.66 bits per heavy atom. The summed E-state index contributed by atoms with van der Waals surface area (Å²) in [5.74, 6) is 0.523. The normalized spacial score (nSPS) is 14.4. The van der Waals surface area contributed by atoms with Crippen LogP contribution in [0.4, 0.5) is 5.82 Å². The highest BCUT2D eigenvalue weighted by molar-refractivity contribution is 5.94. The molecule has 0 radical (unpaired) electrons. The van der Waals surface area contributed by atoms with Crippen LogP contribution in [0.25, 0.3) is 11.0 Å². The zero-order valence-corrected chi connectivity index (χ0v) is 17.0. The minimum Gasteiger partial charge on any atom is -0.348 e. The molecule has 2 aromatic carbocycles. The number of piperazine rings is 1. The number of amides is 1. The standard InChI is InChI=1S/C23H26N4O2/c1-3-17-9-11-18(12-10-17)22(28)26-15-13-25(14-16-26)21-23(29)27(4-2)20-8-6-5-7-19(20)24-21/h5-12H,3-4,13-16H2,1-2H3. The Bertz CT molecular complexity index is 1080. The Hall–Kier alpha value is -3.15. The molecule has 1 aromatic heterocycles. The predicted octanol–water partition coefficient (Wildman–Crippen LogP) is 2.94. The Morgan fingerprint density at radius 3 is 2.31 bits per heavy atom. The lowest BCUT2D eigenvalue weighted by Gasteiger charge is -2.35. The van der Waals surface area contributed by atoms with Gasteiger partial charge in [-0.15, -0.1) is 0 Å². The molecule has 2 heterocycles. The van der Waals surface area contributed by atoms with Crippen molar-refractivity contribution in [3.63, 3.8) is 0 Å². The molecule has 0 bridgehead atoms. The van der Waals surface area contributed by atoms with Crippen LogP contribution in [-0.2, 0) is 13.0 Å². The van der Waals surface area contributed by atoms with Crippen LogP contribution in [0.1, 0.15) is 29.8 Å². The number of carbonyl (C=O) groups excluding carboxylic acids is 1. The summed E-state index contributed by atoms with van der Waals surface area (Å²) in [6, 6.07) is 15.5. The third-order valence-electron chi connectivity index (χ3n) is 5.63. The summed E-state index contributed by atoms with van der Waals surface area (Å²) in [7, 11) is 0. The number of anilines is 1. The molecular formula is C23H26N4O2. The molecule has 1 aliphatic heterocycles. The van der Waals surface area contributed by atoms with Crippen molar-refractivity contribution in [1.29, 1.82) is 0 Å². The zero-order chi connectivity index (χ0) is 20.4. The SMILES string of the molecule is CCc1ccc(C(=O)N2CCN(c3nc4ccccc4n(CC)c3=O)CC2)cc1. The van der Waals surface area contributed by atoms with Crippen LogP contribution in [0, 0.1) is 0 Å². The van der Waals surface area contributed by atoms with Crippen molar-refractivity contribution >= 4 is 22.8 Å². The maximum Gasteiger partial charge on any atom is 0.293 e. The van der Waals surface area contributed by atoms with Crippen molar-refractivity contribution in [2.75, 3.05) is 31.1 Å². The Kier molecular flexibility index (Phi) is 5.34. The minimum atomic E-state index is -0.0684. The lowest BCUT2D eigenvalue weighted by atomic mass is 10.1. The van der Waals surface area contributed by atoms with E-state index in [1.165, 1.54) is 5.56 Å². The molecule has 1 fully saturated rings. The number of carbonyl (C=O) groups is 1. The topological polar surface area (TPSA) is 58.4 Å². The smallest absolute Gasteiger partial charge is 0.293 e. The van der Waals surface area contributed by atoms with Gasteiger partial charge in [0.2, 0.25) is 0 Å². The van der Waals surface area contributed by atoms with Gasteiger partial charge in [0.25, 0.3) is 11.5 Å². The molecule has 1 aliphatic rings. The van der Waals surface area contributed by atoms with Crippen molar-refractivity contribution in [1.82, 2.24) is 14.5 Å². The van der Waals surface area contributed by atoms with E-state index in [2.05, 4.69) is 11.9 Å². The summed E-state index contributed by atoms with van der Waals surface area (Å²) in [6.07, 6.45) is 0.960. The van der Waals surface area contributed by atoms with Gasteiger partial charge in [0.1, 0.15) is 0 Å². The van der Waals surface area contributed by atoms with Gasteiger partial charge in [0.15, 0.2) is 5.82 Å². The van der Waals surface area contributed by atoms with Gasteiger partial charge in [-0.3, -0.25) is 9.59 Å². The highest BCUT2D eigenvalue weighted by Crippen LogP contribution is 2.17. The van der Waals surface area contributed by atoms with Crippen LogP contribution in [0.3, 0.4) is 0 Å². The molecule has 1 amide bonds. The lowest BCUT2D eigenvalue weighted by Crippen LogP contribution is -2.50. The second-order valence-corrected chi connectivity index (χ2v) is 7.30. The van der Waals surface area contributed by atoms with Crippen LogP contribution < -0.4 is 10.5 Å². The second-order valence-electron chi connectivity index (χ2n) is 7.30. The van der Waals surface area contributed by atoms with E-state index in [1.54, 1.807) is 4.57 Å².